The lowest BCUT2D eigenvalue weighted by molar-refractivity contribution is -0.126. The maximum absolute atomic E-state index is 11.2. The van der Waals surface area contributed by atoms with Crippen molar-refractivity contribution in [2.24, 2.45) is 0 Å². The summed E-state index contributed by atoms with van der Waals surface area (Å²) < 4.78 is 21.0. The fourth-order valence-corrected chi connectivity index (χ4v) is 1.44. The van der Waals surface area contributed by atoms with Crippen molar-refractivity contribution in [3.8, 4) is 0 Å². The predicted molar refractivity (Wildman–Crippen MR) is 96.6 cm³/mol. The molecule has 2 amide bonds. The monoisotopic (exact) mass is 364 g/mol. The summed E-state index contributed by atoms with van der Waals surface area (Å²) in [6, 6.07) is 0. The zero-order valence-electron chi connectivity index (χ0n) is 16.2. The number of ether oxygens (including phenoxy) is 4. The first-order valence-corrected chi connectivity index (χ1v) is 8.99. The van der Waals surface area contributed by atoms with E-state index < -0.39 is 0 Å². The number of amides is 2. The number of carbonyl (C=O) groups is 2. The SMILES string of the molecule is CC.CCCNC(=O)COCCOCCOCCOCCNC(C)=O. The van der Waals surface area contributed by atoms with Crippen LogP contribution in [0.15, 0.2) is 0 Å². The molecule has 0 rings (SSSR count). The fourth-order valence-electron chi connectivity index (χ4n) is 1.44. The second-order valence-corrected chi connectivity index (χ2v) is 4.72. The van der Waals surface area contributed by atoms with Crippen LogP contribution < -0.4 is 10.6 Å². The van der Waals surface area contributed by atoms with Crippen molar-refractivity contribution in [3.63, 3.8) is 0 Å². The van der Waals surface area contributed by atoms with E-state index in [0.717, 1.165) is 6.42 Å². The molecule has 0 bridgehead atoms. The van der Waals surface area contributed by atoms with E-state index in [1.807, 2.05) is 20.8 Å². The summed E-state index contributed by atoms with van der Waals surface area (Å²) in [4.78, 5) is 21.8. The summed E-state index contributed by atoms with van der Waals surface area (Å²) in [6.07, 6.45) is 0.912. The van der Waals surface area contributed by atoms with Gasteiger partial charge in [0.25, 0.3) is 0 Å². The minimum absolute atomic E-state index is 0.0624. The van der Waals surface area contributed by atoms with Crippen LogP contribution in [-0.2, 0) is 28.5 Å². The Morgan fingerprint density at radius 3 is 1.68 bits per heavy atom. The lowest BCUT2D eigenvalue weighted by Crippen LogP contribution is -2.28. The van der Waals surface area contributed by atoms with E-state index in [1.54, 1.807) is 0 Å². The van der Waals surface area contributed by atoms with Gasteiger partial charge in [-0.15, -0.1) is 0 Å². The molecule has 0 unspecified atom stereocenters. The molecule has 0 heterocycles. The molecule has 0 aromatic rings. The Morgan fingerprint density at radius 2 is 1.20 bits per heavy atom. The van der Waals surface area contributed by atoms with E-state index >= 15 is 0 Å². The lowest BCUT2D eigenvalue weighted by Gasteiger charge is -2.08. The van der Waals surface area contributed by atoms with Crippen molar-refractivity contribution in [1.82, 2.24) is 10.6 Å². The number of nitrogens with one attached hydrogen (secondary N) is 2. The van der Waals surface area contributed by atoms with Gasteiger partial charge in [0, 0.05) is 20.0 Å². The molecule has 0 radical (unpaired) electrons. The van der Waals surface area contributed by atoms with Crippen LogP contribution in [0, 0.1) is 0 Å². The molecule has 0 fully saturated rings. The standard InChI is InChI=1S/C15H30N2O6.C2H6/c1-3-4-17-15(19)13-23-12-11-22-10-9-21-8-7-20-6-5-16-14(2)18;1-2/h3-13H2,1-2H3,(H,16,18)(H,17,19);1-2H3. The molecular formula is C17H36N2O6. The Hall–Kier alpha value is -1.22. The lowest BCUT2D eigenvalue weighted by atomic mass is 10.5. The summed E-state index contributed by atoms with van der Waals surface area (Å²) in [6.45, 7) is 11.9. The van der Waals surface area contributed by atoms with E-state index in [2.05, 4.69) is 10.6 Å². The van der Waals surface area contributed by atoms with Crippen molar-refractivity contribution in [2.75, 3.05) is 65.9 Å². The molecule has 0 aromatic carbocycles. The van der Waals surface area contributed by atoms with Gasteiger partial charge in [-0.1, -0.05) is 20.8 Å². The van der Waals surface area contributed by atoms with Gasteiger partial charge in [0.15, 0.2) is 0 Å². The Kier molecular flexibility index (Phi) is 23.7. The average molecular weight is 364 g/mol. The summed E-state index contributed by atoms with van der Waals surface area (Å²) in [7, 11) is 0. The molecule has 0 aromatic heterocycles. The van der Waals surface area contributed by atoms with Crippen molar-refractivity contribution >= 4 is 11.8 Å². The minimum atomic E-state index is -0.103. The van der Waals surface area contributed by atoms with E-state index in [-0.39, 0.29) is 18.4 Å². The zero-order valence-corrected chi connectivity index (χ0v) is 16.2. The smallest absolute Gasteiger partial charge is 0.245 e. The normalized spacial score (nSPS) is 9.92. The summed E-state index contributed by atoms with van der Waals surface area (Å²) in [5.41, 5.74) is 0. The van der Waals surface area contributed by atoms with Crippen LogP contribution in [0.3, 0.4) is 0 Å². The van der Waals surface area contributed by atoms with Crippen LogP contribution in [0.5, 0.6) is 0 Å². The number of hydrogen-bond acceptors (Lipinski definition) is 6. The van der Waals surface area contributed by atoms with Crippen molar-refractivity contribution < 1.29 is 28.5 Å². The zero-order chi connectivity index (χ0) is 19.2. The molecule has 0 atom stereocenters. The van der Waals surface area contributed by atoms with Crippen molar-refractivity contribution in [2.45, 2.75) is 34.1 Å². The summed E-state index contributed by atoms with van der Waals surface area (Å²) in [5.74, 6) is -0.166. The Balaban J connectivity index is 0. The van der Waals surface area contributed by atoms with E-state index in [0.29, 0.717) is 59.3 Å². The van der Waals surface area contributed by atoms with Crippen LogP contribution in [0.4, 0.5) is 0 Å². The molecule has 2 N–H and O–H groups in total. The number of hydrogen-bond donors (Lipinski definition) is 2. The molecule has 8 heteroatoms. The van der Waals surface area contributed by atoms with Crippen molar-refractivity contribution in [3.05, 3.63) is 0 Å². The van der Waals surface area contributed by atoms with Gasteiger partial charge in [-0.05, 0) is 6.42 Å². The van der Waals surface area contributed by atoms with Gasteiger partial charge >= 0.3 is 0 Å². The van der Waals surface area contributed by atoms with E-state index in [9.17, 15) is 9.59 Å². The maximum atomic E-state index is 11.2. The molecule has 0 aliphatic carbocycles. The third kappa shape index (κ3) is 25.1. The highest BCUT2D eigenvalue weighted by atomic mass is 16.6. The van der Waals surface area contributed by atoms with E-state index in [4.69, 9.17) is 18.9 Å². The first kappa shape index (κ1) is 26.0. The molecule has 0 aliphatic rings. The van der Waals surface area contributed by atoms with Gasteiger partial charge in [0.2, 0.25) is 11.8 Å². The molecule has 25 heavy (non-hydrogen) atoms. The molecular weight excluding hydrogens is 328 g/mol. The first-order valence-electron chi connectivity index (χ1n) is 8.99. The van der Waals surface area contributed by atoms with Gasteiger partial charge in [0.05, 0.1) is 46.2 Å². The average Bonchev–Trinajstić information content (AvgIpc) is 2.61. The van der Waals surface area contributed by atoms with Crippen LogP contribution >= 0.6 is 0 Å². The van der Waals surface area contributed by atoms with E-state index in [1.165, 1.54) is 6.92 Å². The topological polar surface area (TPSA) is 95.1 Å². The predicted octanol–water partition coefficient (Wildman–Crippen LogP) is 0.741. The third-order valence-electron chi connectivity index (χ3n) is 2.54. The Morgan fingerprint density at radius 1 is 0.720 bits per heavy atom. The maximum Gasteiger partial charge on any atom is 0.245 e. The van der Waals surface area contributed by atoms with Gasteiger partial charge in [0.1, 0.15) is 6.61 Å². The molecule has 150 valence electrons. The largest absolute Gasteiger partial charge is 0.377 e. The van der Waals surface area contributed by atoms with Crippen LogP contribution in [-0.4, -0.2) is 77.8 Å². The first-order chi connectivity index (χ1) is 12.2. The Labute approximate surface area is 151 Å². The summed E-state index contributed by atoms with van der Waals surface area (Å²) >= 11 is 0. The van der Waals surface area contributed by atoms with Gasteiger partial charge < -0.3 is 29.6 Å². The Bertz CT molecular complexity index is 303. The van der Waals surface area contributed by atoms with Gasteiger partial charge in [-0.3, -0.25) is 9.59 Å². The number of rotatable bonds is 16. The van der Waals surface area contributed by atoms with Gasteiger partial charge in [-0.25, -0.2) is 0 Å². The molecule has 0 spiro atoms. The van der Waals surface area contributed by atoms with Crippen LogP contribution in [0.2, 0.25) is 0 Å². The number of carbonyl (C=O) groups excluding carboxylic acids is 2. The van der Waals surface area contributed by atoms with Crippen LogP contribution in [0.25, 0.3) is 0 Å². The highest BCUT2D eigenvalue weighted by molar-refractivity contribution is 5.77. The molecule has 0 aliphatic heterocycles. The summed E-state index contributed by atoms with van der Waals surface area (Å²) in [5, 5.41) is 5.36. The minimum Gasteiger partial charge on any atom is -0.377 e. The fraction of sp³-hybridized carbons (Fsp3) is 0.882. The second-order valence-electron chi connectivity index (χ2n) is 4.72. The van der Waals surface area contributed by atoms with Gasteiger partial charge in [-0.2, -0.15) is 0 Å². The highest BCUT2D eigenvalue weighted by Gasteiger charge is 1.99. The molecule has 0 saturated heterocycles. The second kappa shape index (κ2) is 22.8. The highest BCUT2D eigenvalue weighted by Crippen LogP contribution is 1.83. The quantitative estimate of drug-likeness (QED) is 0.392. The molecule has 0 saturated carbocycles. The van der Waals surface area contributed by atoms with Crippen molar-refractivity contribution in [1.29, 1.82) is 0 Å². The van der Waals surface area contributed by atoms with Crippen LogP contribution in [0.1, 0.15) is 34.1 Å². The third-order valence-corrected chi connectivity index (χ3v) is 2.54. The molecule has 8 nitrogen and oxygen atoms in total.